The van der Waals surface area contributed by atoms with Crippen LogP contribution in [0.1, 0.15) is 17.5 Å². The third-order valence-electron chi connectivity index (χ3n) is 4.14. The Bertz CT molecular complexity index is 912. The predicted molar refractivity (Wildman–Crippen MR) is 104 cm³/mol. The van der Waals surface area contributed by atoms with E-state index in [2.05, 4.69) is 10.3 Å². The maximum Gasteiger partial charge on any atom is 0.281 e. The topological polar surface area (TPSA) is 91.8 Å². The molecule has 1 aliphatic heterocycles. The van der Waals surface area contributed by atoms with Crippen molar-refractivity contribution < 1.29 is 17.9 Å². The number of hydrogen-bond donors (Lipinski definition) is 1. The molecule has 0 radical (unpaired) electrons. The van der Waals surface area contributed by atoms with Gasteiger partial charge in [0.2, 0.25) is 0 Å². The van der Waals surface area contributed by atoms with E-state index in [9.17, 15) is 13.2 Å². The molecule has 1 aromatic carbocycles. The zero-order valence-corrected chi connectivity index (χ0v) is 17.0. The van der Waals surface area contributed by atoms with Crippen LogP contribution in [0.2, 0.25) is 0 Å². The normalized spacial score (nSPS) is 16.0. The number of nitrogens with one attached hydrogen (secondary N) is 1. The molecule has 1 N–H and O–H groups in total. The minimum absolute atomic E-state index is 0.263. The number of anilines is 1. The number of rotatable bonds is 6. The van der Waals surface area contributed by atoms with Gasteiger partial charge >= 0.3 is 0 Å². The highest BCUT2D eigenvalue weighted by Gasteiger charge is 2.31. The Morgan fingerprint density at radius 1 is 1.33 bits per heavy atom. The van der Waals surface area contributed by atoms with E-state index in [1.807, 2.05) is 18.2 Å². The second-order valence-corrected chi connectivity index (χ2v) is 9.55. The van der Waals surface area contributed by atoms with Gasteiger partial charge in [-0.15, -0.1) is 11.3 Å². The molecule has 1 aliphatic rings. The fraction of sp³-hybridized carbons (Fsp3) is 0.412. The number of amides is 1. The van der Waals surface area contributed by atoms with Crippen molar-refractivity contribution in [2.45, 2.75) is 26.0 Å². The summed E-state index contributed by atoms with van der Waals surface area (Å²) >= 11 is 1.30. The molecule has 2 heterocycles. The minimum atomic E-state index is -3.47. The molecule has 0 saturated heterocycles. The Morgan fingerprint density at radius 3 is 2.70 bits per heavy atom. The molecule has 1 unspecified atom stereocenters. The first-order valence-electron chi connectivity index (χ1n) is 8.46. The Morgan fingerprint density at radius 2 is 2.04 bits per heavy atom. The Labute approximate surface area is 163 Å². The summed E-state index contributed by atoms with van der Waals surface area (Å²) in [4.78, 5) is 17.6. The first-order chi connectivity index (χ1) is 12.8. The second-order valence-electron chi connectivity index (χ2n) is 6.32. The number of hydrogen-bond acceptors (Lipinski definition) is 6. The fourth-order valence-electron chi connectivity index (χ4n) is 2.62. The molecule has 146 valence electrons. The van der Waals surface area contributed by atoms with Crippen molar-refractivity contribution in [3.05, 3.63) is 40.9 Å². The van der Waals surface area contributed by atoms with Crippen LogP contribution < -0.4 is 10.1 Å². The Balaban J connectivity index is 1.65. The van der Waals surface area contributed by atoms with Crippen LogP contribution in [0.5, 0.6) is 5.75 Å². The minimum Gasteiger partial charge on any atom is -0.481 e. The van der Waals surface area contributed by atoms with E-state index >= 15 is 0 Å². The smallest absolute Gasteiger partial charge is 0.281 e. The van der Waals surface area contributed by atoms with Crippen LogP contribution in [0.4, 0.5) is 5.13 Å². The van der Waals surface area contributed by atoms with Crippen LogP contribution in [0, 0.1) is 0 Å². The number of para-hydroxylation sites is 1. The van der Waals surface area contributed by atoms with Crippen molar-refractivity contribution >= 4 is 32.6 Å². The molecule has 0 spiro atoms. The lowest BCUT2D eigenvalue weighted by molar-refractivity contribution is -0.122. The highest BCUT2D eigenvalue weighted by atomic mass is 32.2. The Kier molecular flexibility index (Phi) is 5.80. The van der Waals surface area contributed by atoms with Crippen LogP contribution in [0.15, 0.2) is 30.3 Å². The molecule has 0 saturated carbocycles. The van der Waals surface area contributed by atoms with Gasteiger partial charge in [-0.2, -0.15) is 17.0 Å². The molecule has 10 heteroatoms. The van der Waals surface area contributed by atoms with Crippen molar-refractivity contribution in [1.29, 1.82) is 0 Å². The molecule has 1 atom stereocenters. The third-order valence-corrected chi connectivity index (χ3v) is 7.02. The maximum atomic E-state index is 12.4. The van der Waals surface area contributed by atoms with Gasteiger partial charge < -0.3 is 4.74 Å². The number of thiazole rings is 1. The lowest BCUT2D eigenvalue weighted by Gasteiger charge is -2.27. The summed E-state index contributed by atoms with van der Waals surface area (Å²) in [6, 6.07) is 9.11. The number of fused-ring (bicyclic) bond motifs is 1. The first-order valence-corrected chi connectivity index (χ1v) is 10.7. The van der Waals surface area contributed by atoms with Gasteiger partial charge in [0, 0.05) is 31.9 Å². The number of nitrogens with zero attached hydrogens (tertiary/aromatic N) is 3. The second kappa shape index (κ2) is 7.93. The maximum absolute atomic E-state index is 12.4. The summed E-state index contributed by atoms with van der Waals surface area (Å²) in [5, 5.41) is 3.22. The van der Waals surface area contributed by atoms with Crippen LogP contribution in [0.3, 0.4) is 0 Å². The number of carbonyl (C=O) groups is 1. The molecule has 1 amide bonds. The average molecular weight is 411 g/mol. The molecule has 0 aliphatic carbocycles. The summed E-state index contributed by atoms with van der Waals surface area (Å²) in [7, 11) is -0.444. The van der Waals surface area contributed by atoms with E-state index in [-0.39, 0.29) is 12.5 Å². The van der Waals surface area contributed by atoms with Crippen LogP contribution >= 0.6 is 11.3 Å². The Hall–Kier alpha value is -2.01. The van der Waals surface area contributed by atoms with E-state index in [1.165, 1.54) is 34.0 Å². The molecule has 0 bridgehead atoms. The quantitative estimate of drug-likeness (QED) is 0.783. The fourth-order valence-corrected chi connectivity index (χ4v) is 4.80. The summed E-state index contributed by atoms with van der Waals surface area (Å²) in [6.45, 7) is 2.30. The van der Waals surface area contributed by atoms with E-state index < -0.39 is 16.3 Å². The largest absolute Gasteiger partial charge is 0.481 e. The van der Waals surface area contributed by atoms with Gasteiger partial charge in [0.05, 0.1) is 12.2 Å². The van der Waals surface area contributed by atoms with Crippen molar-refractivity contribution in [3.8, 4) is 5.75 Å². The zero-order valence-electron chi connectivity index (χ0n) is 15.4. The highest BCUT2D eigenvalue weighted by molar-refractivity contribution is 7.86. The SMILES string of the molecule is CC(Oc1ccccc1)C(=O)Nc1nc2c(s1)CN(S(=O)(=O)N(C)C)CC2. The highest BCUT2D eigenvalue weighted by Crippen LogP contribution is 2.30. The van der Waals surface area contributed by atoms with Crippen molar-refractivity contribution in [2.24, 2.45) is 0 Å². The van der Waals surface area contributed by atoms with Gasteiger partial charge in [0.1, 0.15) is 5.75 Å². The molecule has 8 nitrogen and oxygen atoms in total. The van der Waals surface area contributed by atoms with Gasteiger partial charge in [-0.25, -0.2) is 4.98 Å². The van der Waals surface area contributed by atoms with E-state index in [0.717, 1.165) is 10.6 Å². The molecular formula is C17H22N4O4S2. The lowest BCUT2D eigenvalue weighted by atomic mass is 10.2. The summed E-state index contributed by atoms with van der Waals surface area (Å²) in [5.41, 5.74) is 0.831. The van der Waals surface area contributed by atoms with E-state index in [1.54, 1.807) is 19.1 Å². The van der Waals surface area contributed by atoms with Crippen molar-refractivity contribution in [2.75, 3.05) is 26.0 Å². The summed E-state index contributed by atoms with van der Waals surface area (Å²) < 4.78 is 32.8. The van der Waals surface area contributed by atoms with Crippen LogP contribution in [0.25, 0.3) is 0 Å². The molecule has 3 rings (SSSR count). The molecule has 27 heavy (non-hydrogen) atoms. The van der Waals surface area contributed by atoms with Gasteiger partial charge in [0.15, 0.2) is 11.2 Å². The van der Waals surface area contributed by atoms with Gasteiger partial charge in [0.25, 0.3) is 16.1 Å². The van der Waals surface area contributed by atoms with Crippen molar-refractivity contribution in [3.63, 3.8) is 0 Å². The van der Waals surface area contributed by atoms with E-state index in [0.29, 0.717) is 23.8 Å². The zero-order chi connectivity index (χ0) is 19.6. The van der Waals surface area contributed by atoms with Crippen molar-refractivity contribution in [1.82, 2.24) is 13.6 Å². The van der Waals surface area contributed by atoms with Gasteiger partial charge in [-0.3, -0.25) is 10.1 Å². The standard InChI is InChI=1S/C17H22N4O4S2/c1-12(25-13-7-5-4-6-8-13)16(22)19-17-18-14-9-10-21(11-15(14)26-17)27(23,24)20(2)3/h4-8,12H,9-11H2,1-3H3,(H,18,19,22). The monoisotopic (exact) mass is 410 g/mol. The predicted octanol–water partition coefficient (Wildman–Crippen LogP) is 1.71. The molecule has 0 fully saturated rings. The molecule has 1 aromatic heterocycles. The van der Waals surface area contributed by atoms with Crippen LogP contribution in [-0.2, 0) is 28.0 Å². The molecule has 2 aromatic rings. The number of carbonyl (C=O) groups excluding carboxylic acids is 1. The molecular weight excluding hydrogens is 388 g/mol. The number of aromatic nitrogens is 1. The van der Waals surface area contributed by atoms with Gasteiger partial charge in [-0.1, -0.05) is 18.2 Å². The average Bonchev–Trinajstić information content (AvgIpc) is 3.03. The van der Waals surface area contributed by atoms with E-state index in [4.69, 9.17) is 4.74 Å². The summed E-state index contributed by atoms with van der Waals surface area (Å²) in [5.74, 6) is 0.311. The lowest BCUT2D eigenvalue weighted by Crippen LogP contribution is -2.42. The summed E-state index contributed by atoms with van der Waals surface area (Å²) in [6.07, 6.45) is -0.163. The third kappa shape index (κ3) is 4.46. The van der Waals surface area contributed by atoms with Crippen LogP contribution in [-0.4, -0.2) is 54.7 Å². The first kappa shape index (κ1) is 19.7. The number of ether oxygens (including phenoxy) is 1. The number of benzene rings is 1. The van der Waals surface area contributed by atoms with Gasteiger partial charge in [-0.05, 0) is 19.1 Å².